The summed E-state index contributed by atoms with van der Waals surface area (Å²) in [5.74, 6) is -0.556. The van der Waals surface area contributed by atoms with Crippen LogP contribution in [0.1, 0.15) is 40.0 Å². The molecule has 0 aliphatic rings. The fraction of sp³-hybridized carbons (Fsp3) is 0.909. The molecule has 0 aromatic rings. The van der Waals surface area contributed by atoms with E-state index in [0.717, 1.165) is 6.42 Å². The van der Waals surface area contributed by atoms with Gasteiger partial charge in [-0.2, -0.15) is 0 Å². The van der Waals surface area contributed by atoms with Gasteiger partial charge in [0, 0.05) is 0 Å². The number of aliphatic hydroxyl groups is 1. The van der Waals surface area contributed by atoms with Gasteiger partial charge in [-0.3, -0.25) is 0 Å². The van der Waals surface area contributed by atoms with Gasteiger partial charge in [-0.15, -0.1) is 0 Å². The van der Waals surface area contributed by atoms with Crippen LogP contribution in [-0.4, -0.2) is 35.4 Å². The molecule has 0 aromatic carbocycles. The minimum Gasteiger partial charge on any atom is -0.459 e. The first-order chi connectivity index (χ1) is 7.25. The highest BCUT2D eigenvalue weighted by Gasteiger charge is 2.36. The Morgan fingerprint density at radius 1 is 1.31 bits per heavy atom. The molecule has 5 heteroatoms. The topological polar surface area (TPSA) is 98.6 Å². The molecule has 0 heterocycles. The molecule has 0 radical (unpaired) electrons. The van der Waals surface area contributed by atoms with Crippen molar-refractivity contribution >= 4 is 5.97 Å². The first kappa shape index (κ1) is 15.3. The molecule has 0 spiro atoms. The number of aliphatic hydroxyl groups excluding tert-OH is 1. The minimum absolute atomic E-state index is 0.385. The molecule has 96 valence electrons. The van der Waals surface area contributed by atoms with E-state index in [1.54, 1.807) is 20.8 Å². The summed E-state index contributed by atoms with van der Waals surface area (Å²) < 4.78 is 5.17. The maximum atomic E-state index is 11.8. The van der Waals surface area contributed by atoms with Gasteiger partial charge in [0.1, 0.15) is 11.1 Å². The van der Waals surface area contributed by atoms with E-state index in [2.05, 4.69) is 0 Å². The second-order valence-electron chi connectivity index (χ2n) is 5.06. The fourth-order valence-electron chi connectivity index (χ4n) is 1.21. The van der Waals surface area contributed by atoms with E-state index in [9.17, 15) is 9.90 Å². The summed E-state index contributed by atoms with van der Waals surface area (Å²) in [5.41, 5.74) is 9.29. The molecule has 16 heavy (non-hydrogen) atoms. The molecule has 0 saturated carbocycles. The quantitative estimate of drug-likeness (QED) is 0.447. The van der Waals surface area contributed by atoms with Gasteiger partial charge < -0.3 is 21.3 Å². The number of hydrogen-bond donors (Lipinski definition) is 3. The van der Waals surface area contributed by atoms with Gasteiger partial charge in [-0.1, -0.05) is 0 Å². The summed E-state index contributed by atoms with van der Waals surface area (Å²) in [5, 5.41) is 9.19. The zero-order valence-corrected chi connectivity index (χ0v) is 10.5. The molecular weight excluding hydrogens is 208 g/mol. The molecule has 0 bridgehead atoms. The van der Waals surface area contributed by atoms with Crippen molar-refractivity contribution < 1.29 is 14.6 Å². The minimum atomic E-state index is -1.30. The van der Waals surface area contributed by atoms with Crippen LogP contribution in [0.15, 0.2) is 0 Å². The van der Waals surface area contributed by atoms with Crippen molar-refractivity contribution in [2.45, 2.75) is 51.2 Å². The van der Waals surface area contributed by atoms with Gasteiger partial charge >= 0.3 is 5.97 Å². The summed E-state index contributed by atoms with van der Waals surface area (Å²) >= 11 is 0. The van der Waals surface area contributed by atoms with E-state index in [1.807, 2.05) is 0 Å². The lowest BCUT2D eigenvalue weighted by molar-refractivity contribution is -0.163. The number of nitrogens with two attached hydrogens (primary N) is 2. The van der Waals surface area contributed by atoms with Gasteiger partial charge in [0.05, 0.1) is 6.61 Å². The highest BCUT2D eigenvalue weighted by molar-refractivity contribution is 5.81. The second kappa shape index (κ2) is 6.18. The predicted molar refractivity (Wildman–Crippen MR) is 62.8 cm³/mol. The number of rotatable bonds is 6. The second-order valence-corrected chi connectivity index (χ2v) is 5.06. The SMILES string of the molecule is CC(C)(C)OC(=O)[C@@](N)(CO)CCCCN. The first-order valence-corrected chi connectivity index (χ1v) is 5.58. The van der Waals surface area contributed by atoms with Crippen LogP contribution < -0.4 is 11.5 Å². The Morgan fingerprint density at radius 3 is 2.25 bits per heavy atom. The zero-order chi connectivity index (χ0) is 12.8. The van der Waals surface area contributed by atoms with Crippen LogP contribution in [0.5, 0.6) is 0 Å². The van der Waals surface area contributed by atoms with Crippen molar-refractivity contribution in [2.75, 3.05) is 13.2 Å². The molecule has 5 nitrogen and oxygen atoms in total. The Hall–Kier alpha value is -0.650. The lowest BCUT2D eigenvalue weighted by atomic mass is 9.94. The van der Waals surface area contributed by atoms with Crippen LogP contribution in [0, 0.1) is 0 Å². The molecule has 0 fully saturated rings. The Morgan fingerprint density at radius 2 is 1.88 bits per heavy atom. The molecule has 0 amide bonds. The van der Waals surface area contributed by atoms with Gasteiger partial charge in [0.2, 0.25) is 0 Å². The van der Waals surface area contributed by atoms with E-state index < -0.39 is 23.7 Å². The number of carbonyl (C=O) groups is 1. The summed E-state index contributed by atoms with van der Waals surface area (Å²) in [6.07, 6.45) is 1.87. The molecule has 5 N–H and O–H groups in total. The molecule has 1 atom stereocenters. The third-order valence-electron chi connectivity index (χ3n) is 2.16. The van der Waals surface area contributed by atoms with Crippen molar-refractivity contribution in [3.05, 3.63) is 0 Å². The summed E-state index contributed by atoms with van der Waals surface area (Å²) in [6.45, 7) is 5.44. The lowest BCUT2D eigenvalue weighted by Gasteiger charge is -2.29. The van der Waals surface area contributed by atoms with Crippen LogP contribution in [0.3, 0.4) is 0 Å². The Balaban J connectivity index is 4.38. The largest absolute Gasteiger partial charge is 0.459 e. The number of unbranched alkanes of at least 4 members (excludes halogenated alkanes) is 1. The van der Waals surface area contributed by atoms with E-state index in [1.165, 1.54) is 0 Å². The number of hydrogen-bond acceptors (Lipinski definition) is 5. The maximum Gasteiger partial charge on any atom is 0.329 e. The summed E-state index contributed by atoms with van der Waals surface area (Å²) in [4.78, 5) is 11.8. The molecule has 0 unspecified atom stereocenters. The first-order valence-electron chi connectivity index (χ1n) is 5.58. The summed E-state index contributed by atoms with van der Waals surface area (Å²) in [7, 11) is 0. The van der Waals surface area contributed by atoms with Crippen molar-refractivity contribution in [2.24, 2.45) is 11.5 Å². The van der Waals surface area contributed by atoms with E-state index in [-0.39, 0.29) is 0 Å². The highest BCUT2D eigenvalue weighted by atomic mass is 16.6. The van der Waals surface area contributed by atoms with Gasteiger partial charge in [0.25, 0.3) is 0 Å². The van der Waals surface area contributed by atoms with Crippen molar-refractivity contribution in [3.63, 3.8) is 0 Å². The Kier molecular flexibility index (Phi) is 5.92. The highest BCUT2D eigenvalue weighted by Crippen LogP contribution is 2.17. The van der Waals surface area contributed by atoms with Crippen molar-refractivity contribution in [3.8, 4) is 0 Å². The third kappa shape index (κ3) is 5.44. The smallest absolute Gasteiger partial charge is 0.329 e. The lowest BCUT2D eigenvalue weighted by Crippen LogP contribution is -2.54. The molecule has 0 aromatic heterocycles. The van der Waals surface area contributed by atoms with Crippen LogP contribution in [0.25, 0.3) is 0 Å². The molecule has 0 aliphatic heterocycles. The molecular formula is C11H24N2O3. The zero-order valence-electron chi connectivity index (χ0n) is 10.5. The van der Waals surface area contributed by atoms with Gasteiger partial charge in [-0.05, 0) is 46.6 Å². The van der Waals surface area contributed by atoms with Crippen LogP contribution in [-0.2, 0) is 9.53 Å². The van der Waals surface area contributed by atoms with Crippen molar-refractivity contribution in [1.29, 1.82) is 0 Å². The monoisotopic (exact) mass is 232 g/mol. The Bertz CT molecular complexity index is 226. The average Bonchev–Trinajstić information content (AvgIpc) is 2.15. The molecule has 0 aliphatic carbocycles. The van der Waals surface area contributed by atoms with Crippen LogP contribution >= 0.6 is 0 Å². The predicted octanol–water partition coefficient (Wildman–Crippen LogP) is 0.147. The average molecular weight is 232 g/mol. The van der Waals surface area contributed by atoms with Gasteiger partial charge in [-0.25, -0.2) is 4.79 Å². The standard InChI is InChI=1S/C11H24N2O3/c1-10(2,3)16-9(15)11(13,8-14)6-4-5-7-12/h14H,4-8,12-13H2,1-3H3/t11-/m0/s1. The summed E-state index contributed by atoms with van der Waals surface area (Å²) in [6, 6.07) is 0. The van der Waals surface area contributed by atoms with E-state index in [4.69, 9.17) is 16.2 Å². The normalized spacial score (nSPS) is 15.6. The fourth-order valence-corrected chi connectivity index (χ4v) is 1.21. The number of esters is 1. The van der Waals surface area contributed by atoms with Crippen LogP contribution in [0.2, 0.25) is 0 Å². The van der Waals surface area contributed by atoms with E-state index in [0.29, 0.717) is 19.4 Å². The maximum absolute atomic E-state index is 11.8. The van der Waals surface area contributed by atoms with Crippen molar-refractivity contribution in [1.82, 2.24) is 0 Å². The Labute approximate surface area is 97.1 Å². The molecule has 0 rings (SSSR count). The molecule has 0 saturated heterocycles. The number of carbonyl (C=O) groups excluding carboxylic acids is 1. The third-order valence-corrected chi connectivity index (χ3v) is 2.16. The van der Waals surface area contributed by atoms with E-state index >= 15 is 0 Å². The number of ether oxygens (including phenoxy) is 1. The van der Waals surface area contributed by atoms with Crippen LogP contribution in [0.4, 0.5) is 0 Å². The van der Waals surface area contributed by atoms with Gasteiger partial charge in [0.15, 0.2) is 0 Å².